The number of aromatic nitrogens is 2. The minimum absolute atomic E-state index is 0.549. The van der Waals surface area contributed by atoms with Crippen LogP contribution in [0.4, 0.5) is 11.5 Å². The van der Waals surface area contributed by atoms with E-state index in [4.69, 9.17) is 10.00 Å². The predicted molar refractivity (Wildman–Crippen MR) is 84.7 cm³/mol. The Morgan fingerprint density at radius 1 is 1.33 bits per heavy atom. The Hall–Kier alpha value is -2.13. The third-order valence-electron chi connectivity index (χ3n) is 2.81. The summed E-state index contributed by atoms with van der Waals surface area (Å²) in [5, 5.41) is 12.1. The maximum atomic E-state index is 8.92. The van der Waals surface area contributed by atoms with Crippen molar-refractivity contribution in [2.45, 2.75) is 19.8 Å². The van der Waals surface area contributed by atoms with Crippen LogP contribution in [0.15, 0.2) is 28.9 Å². The molecule has 1 heterocycles. The summed E-state index contributed by atoms with van der Waals surface area (Å²) in [7, 11) is 1.57. The van der Waals surface area contributed by atoms with Gasteiger partial charge in [-0.3, -0.25) is 0 Å². The Labute approximate surface area is 132 Å². The van der Waals surface area contributed by atoms with Crippen molar-refractivity contribution in [2.75, 3.05) is 12.4 Å². The van der Waals surface area contributed by atoms with Gasteiger partial charge < -0.3 is 10.1 Å². The van der Waals surface area contributed by atoms with Crippen LogP contribution in [-0.2, 0) is 6.42 Å². The molecule has 2 rings (SSSR count). The van der Waals surface area contributed by atoms with Crippen molar-refractivity contribution in [3.8, 4) is 11.8 Å². The second-order valence-electron chi connectivity index (χ2n) is 4.39. The smallest absolute Gasteiger partial charge is 0.143 e. The lowest BCUT2D eigenvalue weighted by molar-refractivity contribution is 0.416. The fourth-order valence-electron chi connectivity index (χ4n) is 1.87. The van der Waals surface area contributed by atoms with E-state index < -0.39 is 0 Å². The van der Waals surface area contributed by atoms with Crippen molar-refractivity contribution < 1.29 is 4.74 Å². The average Bonchev–Trinajstić information content (AvgIpc) is 2.47. The highest BCUT2D eigenvalue weighted by Gasteiger charge is 2.08. The van der Waals surface area contributed by atoms with Crippen LogP contribution in [0.1, 0.15) is 24.7 Å². The van der Waals surface area contributed by atoms with Crippen molar-refractivity contribution in [2.24, 2.45) is 0 Å². The second-order valence-corrected chi connectivity index (χ2v) is 5.21. The first-order chi connectivity index (χ1) is 10.2. The van der Waals surface area contributed by atoms with Crippen LogP contribution in [0.3, 0.4) is 0 Å². The highest BCUT2D eigenvalue weighted by atomic mass is 79.9. The molecular weight excluding hydrogens is 332 g/mol. The summed E-state index contributed by atoms with van der Waals surface area (Å²) in [4.78, 5) is 8.79. The molecule has 0 amide bonds. The number of anilines is 2. The van der Waals surface area contributed by atoms with Gasteiger partial charge in [-0.1, -0.05) is 6.92 Å². The van der Waals surface area contributed by atoms with E-state index in [0.29, 0.717) is 17.1 Å². The van der Waals surface area contributed by atoms with Crippen molar-refractivity contribution in [3.63, 3.8) is 0 Å². The molecule has 0 fully saturated rings. The van der Waals surface area contributed by atoms with Gasteiger partial charge in [0.25, 0.3) is 0 Å². The van der Waals surface area contributed by atoms with Crippen molar-refractivity contribution >= 4 is 27.4 Å². The number of aryl methyl sites for hydroxylation is 1. The van der Waals surface area contributed by atoms with Gasteiger partial charge in [-0.05, 0) is 34.5 Å². The number of halogens is 1. The summed E-state index contributed by atoms with van der Waals surface area (Å²) in [5.41, 5.74) is 1.30. The molecule has 0 radical (unpaired) electrons. The molecule has 0 saturated heterocycles. The number of methoxy groups -OCH3 is 1. The van der Waals surface area contributed by atoms with Crippen molar-refractivity contribution in [3.05, 3.63) is 40.3 Å². The maximum Gasteiger partial charge on any atom is 0.143 e. The van der Waals surface area contributed by atoms with Crippen LogP contribution in [0.5, 0.6) is 5.75 Å². The molecule has 1 aromatic heterocycles. The number of ether oxygens (including phenoxy) is 1. The van der Waals surface area contributed by atoms with Gasteiger partial charge in [-0.2, -0.15) is 5.26 Å². The number of benzene rings is 1. The summed E-state index contributed by atoms with van der Waals surface area (Å²) in [6.45, 7) is 2.08. The van der Waals surface area contributed by atoms with Crippen LogP contribution < -0.4 is 10.1 Å². The Bertz CT molecular complexity index is 682. The first kappa shape index (κ1) is 15.3. The third-order valence-corrected chi connectivity index (χ3v) is 3.21. The van der Waals surface area contributed by atoms with Crippen LogP contribution in [0.2, 0.25) is 0 Å². The molecule has 6 heteroatoms. The highest BCUT2D eigenvalue weighted by Crippen LogP contribution is 2.28. The molecule has 2 aromatic rings. The first-order valence-corrected chi connectivity index (χ1v) is 7.34. The maximum absolute atomic E-state index is 8.92. The Balaban J connectivity index is 2.31. The topological polar surface area (TPSA) is 70.8 Å². The standard InChI is InChI=1S/C15H15BrN4O/c1-3-4-14-19-13(16)8-15(20-14)18-11-6-5-10(9-17)7-12(11)21-2/h5-8H,3-4H2,1-2H3,(H,18,19,20). The Kier molecular flexibility index (Phi) is 5.12. The molecule has 1 aromatic carbocycles. The predicted octanol–water partition coefficient (Wildman–Crippen LogP) is 3.82. The number of nitrogens with one attached hydrogen (secondary N) is 1. The minimum Gasteiger partial charge on any atom is -0.495 e. The van der Waals surface area contributed by atoms with E-state index >= 15 is 0 Å². The summed E-state index contributed by atoms with van der Waals surface area (Å²) >= 11 is 3.39. The van der Waals surface area contributed by atoms with Crippen LogP contribution in [0, 0.1) is 11.3 Å². The second kappa shape index (κ2) is 7.04. The number of hydrogen-bond acceptors (Lipinski definition) is 5. The van der Waals surface area contributed by atoms with E-state index in [1.165, 1.54) is 0 Å². The molecule has 0 saturated carbocycles. The van der Waals surface area contributed by atoms with Gasteiger partial charge in [-0.15, -0.1) is 0 Å². The van der Waals surface area contributed by atoms with Gasteiger partial charge in [0.15, 0.2) is 0 Å². The monoisotopic (exact) mass is 346 g/mol. The molecule has 0 aliphatic rings. The largest absolute Gasteiger partial charge is 0.495 e. The van der Waals surface area contributed by atoms with Crippen molar-refractivity contribution in [1.29, 1.82) is 5.26 Å². The lowest BCUT2D eigenvalue weighted by Crippen LogP contribution is -2.02. The molecule has 0 aliphatic heterocycles. The quantitative estimate of drug-likeness (QED) is 0.833. The zero-order valence-corrected chi connectivity index (χ0v) is 13.4. The fourth-order valence-corrected chi connectivity index (χ4v) is 2.29. The van der Waals surface area contributed by atoms with Crippen LogP contribution in [0.25, 0.3) is 0 Å². The van der Waals surface area contributed by atoms with E-state index in [1.807, 2.05) is 0 Å². The zero-order valence-electron chi connectivity index (χ0n) is 11.9. The number of rotatable bonds is 5. The summed E-state index contributed by atoms with van der Waals surface area (Å²) in [6, 6.07) is 9.10. The molecule has 21 heavy (non-hydrogen) atoms. The molecule has 5 nitrogen and oxygen atoms in total. The van der Waals surface area contributed by atoms with E-state index in [9.17, 15) is 0 Å². The number of nitriles is 1. The molecule has 0 bridgehead atoms. The van der Waals surface area contributed by atoms with Gasteiger partial charge >= 0.3 is 0 Å². The minimum atomic E-state index is 0.549. The first-order valence-electron chi connectivity index (χ1n) is 6.55. The number of hydrogen-bond donors (Lipinski definition) is 1. The average molecular weight is 347 g/mol. The van der Waals surface area contributed by atoms with Crippen LogP contribution >= 0.6 is 15.9 Å². The molecule has 108 valence electrons. The van der Waals surface area contributed by atoms with E-state index in [2.05, 4.69) is 44.2 Å². The molecule has 0 aliphatic carbocycles. The molecule has 0 atom stereocenters. The van der Waals surface area contributed by atoms with Gasteiger partial charge in [0.05, 0.1) is 24.4 Å². The summed E-state index contributed by atoms with van der Waals surface area (Å²) in [6.07, 6.45) is 1.80. The van der Waals surface area contributed by atoms with Gasteiger partial charge in [0, 0.05) is 18.6 Å². The fraction of sp³-hybridized carbons (Fsp3) is 0.267. The van der Waals surface area contributed by atoms with E-state index in [0.717, 1.165) is 29.0 Å². The molecule has 1 N–H and O–H groups in total. The highest BCUT2D eigenvalue weighted by molar-refractivity contribution is 9.10. The van der Waals surface area contributed by atoms with Crippen molar-refractivity contribution in [1.82, 2.24) is 9.97 Å². The normalized spacial score (nSPS) is 10.0. The van der Waals surface area contributed by atoms with Gasteiger partial charge in [-0.25, -0.2) is 9.97 Å². The molecule has 0 spiro atoms. The van der Waals surface area contributed by atoms with E-state index in [1.54, 1.807) is 31.4 Å². The number of nitrogens with zero attached hydrogens (tertiary/aromatic N) is 3. The molecule has 0 unspecified atom stereocenters. The lowest BCUT2D eigenvalue weighted by atomic mass is 10.2. The lowest BCUT2D eigenvalue weighted by Gasteiger charge is -2.11. The Morgan fingerprint density at radius 3 is 2.81 bits per heavy atom. The third kappa shape index (κ3) is 3.92. The SMILES string of the molecule is CCCc1nc(Br)cc(Nc2ccc(C#N)cc2OC)n1. The van der Waals surface area contributed by atoms with Gasteiger partial charge in [0.2, 0.25) is 0 Å². The van der Waals surface area contributed by atoms with Crippen LogP contribution in [-0.4, -0.2) is 17.1 Å². The summed E-state index contributed by atoms with van der Waals surface area (Å²) in [5.74, 6) is 2.06. The zero-order chi connectivity index (χ0) is 15.2. The summed E-state index contributed by atoms with van der Waals surface area (Å²) < 4.78 is 6.03. The van der Waals surface area contributed by atoms with Gasteiger partial charge in [0.1, 0.15) is 22.0 Å². The van der Waals surface area contributed by atoms with E-state index in [-0.39, 0.29) is 0 Å². The Morgan fingerprint density at radius 2 is 2.14 bits per heavy atom. The molecular formula is C15H15BrN4O.